The predicted octanol–water partition coefficient (Wildman–Crippen LogP) is 1.21. The molecule has 0 saturated carbocycles. The summed E-state index contributed by atoms with van der Waals surface area (Å²) in [4.78, 5) is 12.3. The zero-order chi connectivity index (χ0) is 15.2. The lowest BCUT2D eigenvalue weighted by Crippen LogP contribution is -2.32. The van der Waals surface area contributed by atoms with Crippen LogP contribution < -0.4 is 5.32 Å². The molecule has 21 heavy (non-hydrogen) atoms. The Morgan fingerprint density at radius 2 is 2.33 bits per heavy atom. The summed E-state index contributed by atoms with van der Waals surface area (Å²) in [5.41, 5.74) is 0.866. The molecule has 8 heteroatoms. The van der Waals surface area contributed by atoms with E-state index >= 15 is 0 Å². The molecular weight excluding hydrogens is 294 g/mol. The number of aliphatic hydroxyl groups is 1. The molecule has 0 aliphatic rings. The van der Waals surface area contributed by atoms with Gasteiger partial charge in [0.2, 0.25) is 0 Å². The van der Waals surface area contributed by atoms with Crippen molar-refractivity contribution >= 4 is 17.5 Å². The lowest BCUT2D eigenvalue weighted by Gasteiger charge is -2.13. The second-order valence-electron chi connectivity index (χ2n) is 4.57. The number of halogens is 1. The topological polar surface area (TPSA) is 92.9 Å². The number of nitrogens with zero attached hydrogens (tertiary/aromatic N) is 4. The van der Waals surface area contributed by atoms with Gasteiger partial charge in [0.15, 0.2) is 0 Å². The molecule has 0 fully saturated rings. The molecule has 0 radical (unpaired) electrons. The number of nitrogens with one attached hydrogen (secondary N) is 1. The van der Waals surface area contributed by atoms with Crippen molar-refractivity contribution in [3.63, 3.8) is 0 Å². The number of aromatic nitrogens is 4. The maximum Gasteiger partial charge on any atom is 0.253 e. The summed E-state index contributed by atoms with van der Waals surface area (Å²) in [6, 6.07) is 4.86. The molecule has 0 saturated heterocycles. The van der Waals surface area contributed by atoms with Crippen molar-refractivity contribution in [3.8, 4) is 5.69 Å². The Kier molecular flexibility index (Phi) is 5.24. The van der Waals surface area contributed by atoms with Crippen LogP contribution in [-0.4, -0.2) is 43.9 Å². The Morgan fingerprint density at radius 3 is 3.00 bits per heavy atom. The number of hydrogen-bond donors (Lipinski definition) is 2. The van der Waals surface area contributed by atoms with Crippen LogP contribution in [-0.2, 0) is 0 Å². The van der Waals surface area contributed by atoms with Crippen molar-refractivity contribution in [1.82, 2.24) is 25.5 Å². The van der Waals surface area contributed by atoms with E-state index in [1.807, 2.05) is 6.92 Å². The van der Waals surface area contributed by atoms with Crippen LogP contribution in [0.25, 0.3) is 5.69 Å². The maximum absolute atomic E-state index is 12.3. The Labute approximate surface area is 126 Å². The molecule has 1 aromatic heterocycles. The molecule has 0 spiro atoms. The number of tetrazole rings is 1. The molecular formula is C13H16ClN5O2. The molecule has 112 valence electrons. The SMILES string of the molecule is CCCC(O)CNC(=O)c1cc(Cl)ccc1-n1cnnn1. The molecule has 1 unspecified atom stereocenters. The average molecular weight is 310 g/mol. The molecule has 1 heterocycles. The van der Waals surface area contributed by atoms with Crippen molar-refractivity contribution in [2.24, 2.45) is 0 Å². The minimum Gasteiger partial charge on any atom is -0.391 e. The molecule has 7 nitrogen and oxygen atoms in total. The van der Waals surface area contributed by atoms with E-state index in [-0.39, 0.29) is 12.5 Å². The van der Waals surface area contributed by atoms with E-state index in [4.69, 9.17) is 11.6 Å². The van der Waals surface area contributed by atoms with Crippen LogP contribution in [0.1, 0.15) is 30.1 Å². The smallest absolute Gasteiger partial charge is 0.253 e. The van der Waals surface area contributed by atoms with Crippen LogP contribution in [0, 0.1) is 0 Å². The summed E-state index contributed by atoms with van der Waals surface area (Å²) in [5, 5.41) is 23.7. The van der Waals surface area contributed by atoms with Crippen molar-refractivity contribution in [1.29, 1.82) is 0 Å². The van der Waals surface area contributed by atoms with Gasteiger partial charge in [-0.15, -0.1) is 5.10 Å². The van der Waals surface area contributed by atoms with E-state index in [0.717, 1.165) is 6.42 Å². The first-order valence-electron chi connectivity index (χ1n) is 6.61. The highest BCUT2D eigenvalue weighted by atomic mass is 35.5. The Morgan fingerprint density at radius 1 is 1.52 bits per heavy atom. The number of amides is 1. The zero-order valence-corrected chi connectivity index (χ0v) is 12.3. The molecule has 2 N–H and O–H groups in total. The van der Waals surface area contributed by atoms with Gasteiger partial charge in [-0.1, -0.05) is 24.9 Å². The molecule has 0 aliphatic carbocycles. The number of carbonyl (C=O) groups is 1. The normalized spacial score (nSPS) is 12.1. The number of carbonyl (C=O) groups excluding carboxylic acids is 1. The van der Waals surface area contributed by atoms with Crippen LogP contribution in [0.4, 0.5) is 0 Å². The monoisotopic (exact) mass is 309 g/mol. The van der Waals surface area contributed by atoms with Crippen LogP contribution in [0.5, 0.6) is 0 Å². The Hall–Kier alpha value is -1.99. The first-order chi connectivity index (χ1) is 10.1. The number of benzene rings is 1. The first kappa shape index (κ1) is 15.4. The lowest BCUT2D eigenvalue weighted by molar-refractivity contribution is 0.0910. The third-order valence-electron chi connectivity index (χ3n) is 2.92. The Bertz CT molecular complexity index is 603. The van der Waals surface area contributed by atoms with E-state index in [2.05, 4.69) is 20.8 Å². The second-order valence-corrected chi connectivity index (χ2v) is 5.00. The van der Waals surface area contributed by atoms with Gasteiger partial charge in [0, 0.05) is 11.6 Å². The minimum absolute atomic E-state index is 0.189. The highest BCUT2D eigenvalue weighted by Gasteiger charge is 2.15. The minimum atomic E-state index is -0.561. The van der Waals surface area contributed by atoms with E-state index in [0.29, 0.717) is 22.7 Å². The summed E-state index contributed by atoms with van der Waals surface area (Å²) in [6.45, 7) is 2.16. The van der Waals surface area contributed by atoms with Crippen molar-refractivity contribution in [2.45, 2.75) is 25.9 Å². The number of aliphatic hydroxyl groups excluding tert-OH is 1. The molecule has 0 aliphatic heterocycles. The summed E-state index contributed by atoms with van der Waals surface area (Å²) >= 11 is 5.94. The Balaban J connectivity index is 2.18. The average Bonchev–Trinajstić information content (AvgIpc) is 2.99. The van der Waals surface area contributed by atoms with Crippen LogP contribution in [0.15, 0.2) is 24.5 Å². The second kappa shape index (κ2) is 7.14. The summed E-state index contributed by atoms with van der Waals surface area (Å²) in [6.07, 6.45) is 2.32. The van der Waals surface area contributed by atoms with Crippen LogP contribution in [0.3, 0.4) is 0 Å². The summed E-state index contributed by atoms with van der Waals surface area (Å²) in [5.74, 6) is -0.335. The van der Waals surface area contributed by atoms with Crippen molar-refractivity contribution in [2.75, 3.05) is 6.54 Å². The molecule has 1 amide bonds. The summed E-state index contributed by atoms with van der Waals surface area (Å²) < 4.78 is 1.38. The van der Waals surface area contributed by atoms with Crippen molar-refractivity contribution in [3.05, 3.63) is 35.1 Å². The van der Waals surface area contributed by atoms with Gasteiger partial charge in [0.25, 0.3) is 5.91 Å². The predicted molar refractivity (Wildman–Crippen MR) is 77.4 cm³/mol. The number of hydrogen-bond acceptors (Lipinski definition) is 5. The fourth-order valence-electron chi connectivity index (χ4n) is 1.90. The van der Waals surface area contributed by atoms with Crippen molar-refractivity contribution < 1.29 is 9.90 Å². The van der Waals surface area contributed by atoms with Crippen LogP contribution >= 0.6 is 11.6 Å². The third kappa shape index (κ3) is 3.99. The van der Waals surface area contributed by atoms with E-state index < -0.39 is 6.10 Å². The van der Waals surface area contributed by atoms with E-state index in [1.54, 1.807) is 18.2 Å². The highest BCUT2D eigenvalue weighted by Crippen LogP contribution is 2.18. The molecule has 2 aromatic rings. The standard InChI is InChI=1S/C13H16ClN5O2/c1-2-3-10(20)7-15-13(21)11-6-9(14)4-5-12(11)19-8-16-17-18-19/h4-6,8,10,20H,2-3,7H2,1H3,(H,15,21). The number of rotatable bonds is 6. The highest BCUT2D eigenvalue weighted by molar-refractivity contribution is 6.31. The molecule has 1 atom stereocenters. The van der Waals surface area contributed by atoms with Gasteiger partial charge >= 0.3 is 0 Å². The largest absolute Gasteiger partial charge is 0.391 e. The fraction of sp³-hybridized carbons (Fsp3) is 0.385. The molecule has 1 aromatic carbocycles. The van der Waals surface area contributed by atoms with Gasteiger partial charge in [0.1, 0.15) is 6.33 Å². The zero-order valence-electron chi connectivity index (χ0n) is 11.5. The molecule has 0 bridgehead atoms. The van der Waals surface area contributed by atoms with Gasteiger partial charge < -0.3 is 10.4 Å². The molecule has 2 rings (SSSR count). The van der Waals surface area contributed by atoms with E-state index in [1.165, 1.54) is 11.0 Å². The maximum atomic E-state index is 12.3. The summed E-state index contributed by atoms with van der Waals surface area (Å²) in [7, 11) is 0. The van der Waals surface area contributed by atoms with Gasteiger partial charge in [-0.25, -0.2) is 0 Å². The third-order valence-corrected chi connectivity index (χ3v) is 3.15. The van der Waals surface area contributed by atoms with Gasteiger partial charge in [-0.2, -0.15) is 4.68 Å². The quantitative estimate of drug-likeness (QED) is 0.836. The van der Waals surface area contributed by atoms with Gasteiger partial charge in [-0.05, 0) is 35.0 Å². The fourth-order valence-corrected chi connectivity index (χ4v) is 2.07. The van der Waals surface area contributed by atoms with Crippen LogP contribution in [0.2, 0.25) is 5.02 Å². The van der Waals surface area contributed by atoms with E-state index in [9.17, 15) is 9.90 Å². The van der Waals surface area contributed by atoms with Gasteiger partial charge in [-0.3, -0.25) is 4.79 Å². The first-order valence-corrected chi connectivity index (χ1v) is 6.98. The van der Waals surface area contributed by atoms with Gasteiger partial charge in [0.05, 0.1) is 17.4 Å². The lowest BCUT2D eigenvalue weighted by atomic mass is 10.1.